The van der Waals surface area contributed by atoms with E-state index < -0.39 is 11.7 Å². The van der Waals surface area contributed by atoms with Crippen LogP contribution < -0.4 is 14.9 Å². The molecule has 0 amide bonds. The van der Waals surface area contributed by atoms with E-state index >= 15 is 0 Å². The molecule has 1 fully saturated rings. The highest BCUT2D eigenvalue weighted by atomic mass is 16.5. The third-order valence-corrected chi connectivity index (χ3v) is 6.53. The molecule has 0 bridgehead atoms. The number of rotatable bonds is 7. The first-order valence-electron chi connectivity index (χ1n) is 11.5. The largest absolute Gasteiger partial charge is 0.489 e. The average Bonchev–Trinajstić information content (AvgIpc) is 3.35. The van der Waals surface area contributed by atoms with Crippen molar-refractivity contribution in [3.63, 3.8) is 0 Å². The molecular weight excluding hydrogens is 396 g/mol. The van der Waals surface area contributed by atoms with E-state index in [9.17, 15) is 15.0 Å². The van der Waals surface area contributed by atoms with Crippen LogP contribution in [0.25, 0.3) is 11.0 Å². The van der Waals surface area contributed by atoms with Gasteiger partial charge in [-0.25, -0.2) is 0 Å². The first kappa shape index (κ1) is 22.2. The van der Waals surface area contributed by atoms with Crippen molar-refractivity contribution in [2.75, 3.05) is 0 Å². The average molecular weight is 431 g/mol. The van der Waals surface area contributed by atoms with E-state index in [0.717, 1.165) is 37.7 Å². The Bertz CT molecular complexity index is 1010. The molecule has 1 aliphatic heterocycles. The summed E-state index contributed by atoms with van der Waals surface area (Å²) in [5.74, 6) is 1.85. The van der Waals surface area contributed by atoms with Crippen LogP contribution in [0.15, 0.2) is 15.3 Å². The van der Waals surface area contributed by atoms with E-state index in [1.807, 2.05) is 0 Å². The van der Waals surface area contributed by atoms with Crippen molar-refractivity contribution in [3.05, 3.63) is 33.2 Å². The zero-order valence-electron chi connectivity index (χ0n) is 19.0. The molecule has 6 heteroatoms. The summed E-state index contributed by atoms with van der Waals surface area (Å²) in [6.45, 7) is 7.32. The molecule has 0 radical (unpaired) electrons. The molecule has 1 aromatic heterocycles. The molecule has 4 rings (SSSR count). The molecule has 2 aliphatic rings. The van der Waals surface area contributed by atoms with Gasteiger partial charge in [0.05, 0.1) is 11.7 Å². The Kier molecular flexibility index (Phi) is 6.05. The minimum atomic E-state index is -1.04. The highest BCUT2D eigenvalue weighted by Crippen LogP contribution is 2.44. The van der Waals surface area contributed by atoms with E-state index in [2.05, 4.69) is 13.8 Å². The SMILES string of the molecule is CC(C)CCc1c(CO)oc2cc3c(c(OC4CCCC4)c2c1=O)CC(C(C)(C)O)O3. The Morgan fingerprint density at radius 3 is 2.58 bits per heavy atom. The summed E-state index contributed by atoms with van der Waals surface area (Å²) in [5.41, 5.74) is 0.550. The van der Waals surface area contributed by atoms with Crippen LogP contribution in [-0.4, -0.2) is 28.0 Å². The van der Waals surface area contributed by atoms with E-state index in [1.165, 1.54) is 0 Å². The van der Waals surface area contributed by atoms with Gasteiger partial charge in [-0.05, 0) is 58.3 Å². The van der Waals surface area contributed by atoms with Crippen LogP contribution in [0.2, 0.25) is 0 Å². The number of aliphatic hydroxyl groups excluding tert-OH is 1. The number of hydrogen-bond acceptors (Lipinski definition) is 6. The van der Waals surface area contributed by atoms with Crippen molar-refractivity contribution < 1.29 is 24.1 Å². The molecule has 2 heterocycles. The zero-order valence-corrected chi connectivity index (χ0v) is 19.0. The second kappa shape index (κ2) is 8.47. The Balaban J connectivity index is 1.90. The summed E-state index contributed by atoms with van der Waals surface area (Å²) in [7, 11) is 0. The molecule has 2 aromatic rings. The van der Waals surface area contributed by atoms with Gasteiger partial charge in [0.25, 0.3) is 0 Å². The second-order valence-corrected chi connectivity index (χ2v) is 9.97. The second-order valence-electron chi connectivity index (χ2n) is 9.97. The lowest BCUT2D eigenvalue weighted by Gasteiger charge is -2.24. The molecular formula is C25H34O6. The normalized spacial score (nSPS) is 19.3. The van der Waals surface area contributed by atoms with Crippen molar-refractivity contribution in [3.8, 4) is 11.5 Å². The fourth-order valence-corrected chi connectivity index (χ4v) is 4.61. The smallest absolute Gasteiger partial charge is 0.200 e. The van der Waals surface area contributed by atoms with Gasteiger partial charge >= 0.3 is 0 Å². The van der Waals surface area contributed by atoms with Crippen LogP contribution in [0, 0.1) is 5.92 Å². The van der Waals surface area contributed by atoms with Gasteiger partial charge in [0, 0.05) is 23.6 Å². The molecule has 1 aliphatic carbocycles. The number of benzene rings is 1. The minimum absolute atomic E-state index is 0.0620. The van der Waals surface area contributed by atoms with Crippen molar-refractivity contribution >= 4 is 11.0 Å². The van der Waals surface area contributed by atoms with Gasteiger partial charge in [-0.3, -0.25) is 4.79 Å². The van der Waals surface area contributed by atoms with Gasteiger partial charge in [0.2, 0.25) is 0 Å². The maximum Gasteiger partial charge on any atom is 0.200 e. The first-order chi connectivity index (χ1) is 14.7. The summed E-state index contributed by atoms with van der Waals surface area (Å²) in [4.78, 5) is 13.7. The molecule has 1 aromatic carbocycles. The van der Waals surface area contributed by atoms with E-state index in [1.54, 1.807) is 19.9 Å². The van der Waals surface area contributed by atoms with Gasteiger partial charge < -0.3 is 24.1 Å². The molecule has 2 N–H and O–H groups in total. The van der Waals surface area contributed by atoms with Crippen LogP contribution in [0.1, 0.15) is 76.7 Å². The maximum atomic E-state index is 13.7. The van der Waals surface area contributed by atoms with Crippen molar-refractivity contribution in [2.45, 2.75) is 97.1 Å². The highest BCUT2D eigenvalue weighted by Gasteiger charge is 2.38. The molecule has 0 spiro atoms. The van der Waals surface area contributed by atoms with Crippen molar-refractivity contribution in [2.24, 2.45) is 5.92 Å². The number of aliphatic hydroxyl groups is 2. The third-order valence-electron chi connectivity index (χ3n) is 6.53. The van der Waals surface area contributed by atoms with Crippen molar-refractivity contribution in [1.82, 2.24) is 0 Å². The molecule has 1 saturated carbocycles. The van der Waals surface area contributed by atoms with E-state index in [4.69, 9.17) is 13.9 Å². The quantitative estimate of drug-likeness (QED) is 0.682. The van der Waals surface area contributed by atoms with Gasteiger partial charge in [0.1, 0.15) is 40.9 Å². The number of ether oxygens (including phenoxy) is 2. The molecule has 31 heavy (non-hydrogen) atoms. The predicted octanol–water partition coefficient (Wildman–Crippen LogP) is 4.27. The Labute approximate surface area is 183 Å². The van der Waals surface area contributed by atoms with Gasteiger partial charge in [-0.15, -0.1) is 0 Å². The number of hydrogen-bond donors (Lipinski definition) is 2. The molecule has 1 atom stereocenters. The predicted molar refractivity (Wildman–Crippen MR) is 119 cm³/mol. The van der Waals surface area contributed by atoms with Crippen LogP contribution in [0.4, 0.5) is 0 Å². The Hall–Kier alpha value is -2.05. The lowest BCUT2D eigenvalue weighted by Crippen LogP contribution is -2.39. The molecule has 1 unspecified atom stereocenters. The molecule has 0 saturated heterocycles. The topological polar surface area (TPSA) is 89.1 Å². The van der Waals surface area contributed by atoms with Gasteiger partial charge in [-0.1, -0.05) is 13.8 Å². The van der Waals surface area contributed by atoms with Crippen LogP contribution in [0.5, 0.6) is 11.5 Å². The Morgan fingerprint density at radius 1 is 1.26 bits per heavy atom. The van der Waals surface area contributed by atoms with Gasteiger partial charge in [-0.2, -0.15) is 0 Å². The standard InChI is InChI=1S/C25H34O6/c1-14(2)9-10-16-20(13-26)30-19-12-18-17(11-21(31-18)25(3,4)28)24(22(19)23(16)27)29-15-7-5-6-8-15/h12,14-15,21,26,28H,5-11,13H2,1-4H3. The van der Waals surface area contributed by atoms with Crippen LogP contribution in [-0.2, 0) is 19.4 Å². The maximum absolute atomic E-state index is 13.7. The fourth-order valence-electron chi connectivity index (χ4n) is 4.61. The lowest BCUT2D eigenvalue weighted by atomic mass is 9.95. The molecule has 6 nitrogen and oxygen atoms in total. The lowest BCUT2D eigenvalue weighted by molar-refractivity contribution is -0.0229. The third kappa shape index (κ3) is 4.33. The monoisotopic (exact) mass is 430 g/mol. The number of fused-ring (bicyclic) bond motifs is 2. The summed E-state index contributed by atoms with van der Waals surface area (Å²) in [6.07, 6.45) is 5.63. The summed E-state index contributed by atoms with van der Waals surface area (Å²) in [5, 5.41) is 20.8. The zero-order chi connectivity index (χ0) is 22.3. The van der Waals surface area contributed by atoms with E-state index in [-0.39, 0.29) is 18.1 Å². The van der Waals surface area contributed by atoms with Gasteiger partial charge in [0.15, 0.2) is 5.43 Å². The summed E-state index contributed by atoms with van der Waals surface area (Å²) < 4.78 is 18.5. The molecule has 170 valence electrons. The van der Waals surface area contributed by atoms with Crippen LogP contribution >= 0.6 is 0 Å². The Morgan fingerprint density at radius 2 is 1.97 bits per heavy atom. The van der Waals surface area contributed by atoms with Crippen molar-refractivity contribution in [1.29, 1.82) is 0 Å². The summed E-state index contributed by atoms with van der Waals surface area (Å²) in [6, 6.07) is 1.71. The fraction of sp³-hybridized carbons (Fsp3) is 0.640. The minimum Gasteiger partial charge on any atom is -0.489 e. The van der Waals surface area contributed by atoms with Crippen LogP contribution in [0.3, 0.4) is 0 Å². The summed E-state index contributed by atoms with van der Waals surface area (Å²) >= 11 is 0. The highest BCUT2D eigenvalue weighted by molar-refractivity contribution is 5.88. The van der Waals surface area contributed by atoms with E-state index in [0.29, 0.717) is 52.6 Å². The first-order valence-corrected chi connectivity index (χ1v) is 11.5.